The molecule has 0 fully saturated rings. The normalized spacial score (nSPS) is 12.5. The maximum Gasteiger partial charge on any atom is 0.417 e. The van der Waals surface area contributed by atoms with Gasteiger partial charge in [-0.3, -0.25) is 0 Å². The van der Waals surface area contributed by atoms with Crippen LogP contribution in [0.15, 0.2) is 65.7 Å². The van der Waals surface area contributed by atoms with Crippen molar-refractivity contribution in [3.8, 4) is 17.4 Å². The van der Waals surface area contributed by atoms with Crippen LogP contribution in [0.25, 0.3) is 0 Å². The van der Waals surface area contributed by atoms with E-state index < -0.39 is 49.4 Å². The van der Waals surface area contributed by atoms with Gasteiger partial charge in [-0.05, 0) is 36.4 Å². The number of aromatic nitrogens is 1. The van der Waals surface area contributed by atoms with E-state index in [4.69, 9.17) is 20.5 Å². The Hall–Kier alpha value is -2.99. The van der Waals surface area contributed by atoms with Crippen LogP contribution >= 0.6 is 11.6 Å². The molecule has 1 heterocycles. The maximum atomic E-state index is 12.8. The van der Waals surface area contributed by atoms with Gasteiger partial charge in [0.15, 0.2) is 0 Å². The molecule has 2 aromatic carbocycles. The summed E-state index contributed by atoms with van der Waals surface area (Å²) < 4.78 is 111. The van der Waals surface area contributed by atoms with Crippen molar-refractivity contribution in [1.82, 2.24) is 4.98 Å². The number of nitrogens with zero attached hydrogens (tertiary/aromatic N) is 1. The molecule has 0 aliphatic rings. The van der Waals surface area contributed by atoms with Gasteiger partial charge in [0.05, 0.1) is 11.1 Å². The molecule has 13 heteroatoms. The van der Waals surface area contributed by atoms with Crippen LogP contribution in [0.3, 0.4) is 0 Å². The van der Waals surface area contributed by atoms with E-state index in [2.05, 4.69) is 4.98 Å². The molecule has 5 nitrogen and oxygen atoms in total. The zero-order chi connectivity index (χ0) is 23.7. The molecule has 1 aromatic heterocycles. The lowest BCUT2D eigenvalue weighted by Gasteiger charge is -2.12. The summed E-state index contributed by atoms with van der Waals surface area (Å²) in [5.74, 6) is -0.823. The van der Waals surface area contributed by atoms with E-state index in [1.807, 2.05) is 0 Å². The average molecular weight is 498 g/mol. The standard InChI is InChI=1S/C19H10ClF6NO4S/c20-16-8-12(19(24,25)26)10-27-17(16)30-13-4-2-5-14(9-13)31-32(28,29)15-6-1-3-11(7-15)18(21,22)23/h1-10H. The van der Waals surface area contributed by atoms with Crippen LogP contribution in [0, 0.1) is 0 Å². The number of hydrogen-bond acceptors (Lipinski definition) is 5. The van der Waals surface area contributed by atoms with E-state index in [1.54, 1.807) is 0 Å². The lowest BCUT2D eigenvalue weighted by atomic mass is 10.2. The summed E-state index contributed by atoms with van der Waals surface area (Å²) in [6, 6.07) is 8.37. The van der Waals surface area contributed by atoms with Crippen molar-refractivity contribution in [2.45, 2.75) is 17.2 Å². The maximum absolute atomic E-state index is 12.8. The second-order valence-corrected chi connectivity index (χ2v) is 8.10. The summed E-state index contributed by atoms with van der Waals surface area (Å²) in [5.41, 5.74) is -2.28. The fourth-order valence-corrected chi connectivity index (χ4v) is 3.53. The number of benzene rings is 2. The first-order valence-corrected chi connectivity index (χ1v) is 10.2. The van der Waals surface area contributed by atoms with E-state index >= 15 is 0 Å². The molecule has 0 unspecified atom stereocenters. The van der Waals surface area contributed by atoms with Crippen LogP contribution in [0.5, 0.6) is 17.4 Å². The third kappa shape index (κ3) is 5.62. The molecule has 0 N–H and O–H groups in total. The minimum Gasteiger partial charge on any atom is -0.437 e. The third-order valence-corrected chi connectivity index (χ3v) is 5.32. The van der Waals surface area contributed by atoms with Crippen molar-refractivity contribution < 1.29 is 43.7 Å². The number of hydrogen-bond donors (Lipinski definition) is 0. The number of ether oxygens (including phenoxy) is 1. The molecular formula is C19H10ClF6NO4S. The van der Waals surface area contributed by atoms with Crippen LogP contribution in [0.1, 0.15) is 11.1 Å². The Kier molecular flexibility index (Phi) is 6.29. The first-order chi connectivity index (χ1) is 14.8. The van der Waals surface area contributed by atoms with E-state index in [0.29, 0.717) is 24.4 Å². The van der Waals surface area contributed by atoms with Gasteiger partial charge in [-0.2, -0.15) is 34.8 Å². The van der Waals surface area contributed by atoms with Gasteiger partial charge in [0.2, 0.25) is 5.88 Å². The van der Waals surface area contributed by atoms with Crippen LogP contribution < -0.4 is 8.92 Å². The van der Waals surface area contributed by atoms with Crippen molar-refractivity contribution in [1.29, 1.82) is 0 Å². The van der Waals surface area contributed by atoms with Gasteiger partial charge >= 0.3 is 22.5 Å². The molecule has 3 rings (SSSR count). The summed E-state index contributed by atoms with van der Waals surface area (Å²) in [6.45, 7) is 0. The molecule has 0 atom stereocenters. The van der Waals surface area contributed by atoms with E-state index in [-0.39, 0.29) is 11.5 Å². The fraction of sp³-hybridized carbons (Fsp3) is 0.105. The molecule has 0 aliphatic carbocycles. The van der Waals surface area contributed by atoms with E-state index in [9.17, 15) is 34.8 Å². The van der Waals surface area contributed by atoms with Gasteiger partial charge in [0, 0.05) is 12.3 Å². The van der Waals surface area contributed by atoms with Crippen molar-refractivity contribution in [3.05, 3.63) is 76.9 Å². The molecule has 0 aliphatic heterocycles. The Morgan fingerprint density at radius 3 is 2.06 bits per heavy atom. The average Bonchev–Trinajstić information content (AvgIpc) is 2.68. The number of alkyl halides is 6. The quantitative estimate of drug-likeness (QED) is 0.304. The topological polar surface area (TPSA) is 65.5 Å². The molecular weight excluding hydrogens is 488 g/mol. The highest BCUT2D eigenvalue weighted by Gasteiger charge is 2.33. The number of rotatable bonds is 5. The summed E-state index contributed by atoms with van der Waals surface area (Å²) in [5, 5.41) is -0.456. The third-order valence-electron chi connectivity index (χ3n) is 3.81. The first-order valence-electron chi connectivity index (χ1n) is 8.38. The highest BCUT2D eigenvalue weighted by molar-refractivity contribution is 7.87. The monoisotopic (exact) mass is 497 g/mol. The second-order valence-electron chi connectivity index (χ2n) is 6.15. The minimum atomic E-state index is -4.76. The van der Waals surface area contributed by atoms with Crippen molar-refractivity contribution in [3.63, 3.8) is 0 Å². The van der Waals surface area contributed by atoms with Gasteiger partial charge in [-0.25, -0.2) is 4.98 Å². The molecule has 32 heavy (non-hydrogen) atoms. The van der Waals surface area contributed by atoms with Gasteiger partial charge in [0.1, 0.15) is 21.4 Å². The van der Waals surface area contributed by atoms with Crippen molar-refractivity contribution >= 4 is 21.7 Å². The van der Waals surface area contributed by atoms with Crippen LogP contribution in [-0.2, 0) is 22.5 Å². The SMILES string of the molecule is O=S(=O)(Oc1cccc(Oc2ncc(C(F)(F)F)cc2Cl)c1)c1cccc(C(F)(F)F)c1. The van der Waals surface area contributed by atoms with Crippen molar-refractivity contribution in [2.24, 2.45) is 0 Å². The first kappa shape index (κ1) is 23.7. The van der Waals surface area contributed by atoms with Gasteiger partial charge in [-0.1, -0.05) is 23.7 Å². The smallest absolute Gasteiger partial charge is 0.417 e. The Labute approximate surface area is 182 Å². The molecule has 170 valence electrons. The van der Waals surface area contributed by atoms with Crippen LogP contribution in [0.4, 0.5) is 26.3 Å². The molecule has 0 saturated heterocycles. The Morgan fingerprint density at radius 1 is 0.812 bits per heavy atom. The lowest BCUT2D eigenvalue weighted by Crippen LogP contribution is -2.12. The van der Waals surface area contributed by atoms with Crippen LogP contribution in [-0.4, -0.2) is 13.4 Å². The predicted molar refractivity (Wildman–Crippen MR) is 100 cm³/mol. The molecule has 0 amide bonds. The predicted octanol–water partition coefficient (Wildman–Crippen LogP) is 6.33. The molecule has 0 radical (unpaired) electrons. The highest BCUT2D eigenvalue weighted by atomic mass is 35.5. The largest absolute Gasteiger partial charge is 0.437 e. The van der Waals surface area contributed by atoms with Crippen molar-refractivity contribution in [2.75, 3.05) is 0 Å². The van der Waals surface area contributed by atoms with Gasteiger partial charge in [0.25, 0.3) is 0 Å². The number of pyridine rings is 1. The second kappa shape index (κ2) is 8.51. The molecule has 0 spiro atoms. The zero-order valence-corrected chi connectivity index (χ0v) is 17.0. The molecule has 0 bridgehead atoms. The van der Waals surface area contributed by atoms with Gasteiger partial charge in [-0.15, -0.1) is 0 Å². The summed E-state index contributed by atoms with van der Waals surface area (Å²) in [7, 11) is -4.64. The lowest BCUT2D eigenvalue weighted by molar-refractivity contribution is -0.138. The van der Waals surface area contributed by atoms with E-state index in [1.165, 1.54) is 18.2 Å². The highest BCUT2D eigenvalue weighted by Crippen LogP contribution is 2.36. The summed E-state index contributed by atoms with van der Waals surface area (Å²) in [4.78, 5) is 2.75. The Morgan fingerprint density at radius 2 is 1.44 bits per heavy atom. The fourth-order valence-electron chi connectivity index (χ4n) is 2.36. The van der Waals surface area contributed by atoms with Gasteiger partial charge < -0.3 is 8.92 Å². The summed E-state index contributed by atoms with van der Waals surface area (Å²) >= 11 is 5.76. The zero-order valence-electron chi connectivity index (χ0n) is 15.4. The molecule has 0 saturated carbocycles. The number of halogens is 7. The summed E-state index contributed by atoms with van der Waals surface area (Å²) in [6.07, 6.45) is -8.92. The van der Waals surface area contributed by atoms with Crippen LogP contribution in [0.2, 0.25) is 5.02 Å². The molecule has 3 aromatic rings. The Balaban J connectivity index is 1.83. The van der Waals surface area contributed by atoms with E-state index in [0.717, 1.165) is 18.2 Å². The minimum absolute atomic E-state index is 0.101. The Bertz CT molecular complexity index is 1250.